The number of ketones is 1. The van der Waals surface area contributed by atoms with Crippen LogP contribution in [-0.4, -0.2) is 29.9 Å². The molecule has 0 N–H and O–H groups in total. The standard InChI is InChI=1S/C21H32ClNO3/c1-6-9-14-26-15-23(19-13-11-10-12-18(19)8-3)20(25)21(22,17(5)24)16(4)7-2/h10-13,16H,6-9,14-15H2,1-5H3. The van der Waals surface area contributed by atoms with Crippen LogP contribution in [0.25, 0.3) is 0 Å². The summed E-state index contributed by atoms with van der Waals surface area (Å²) in [5.41, 5.74) is 1.78. The van der Waals surface area contributed by atoms with E-state index in [1.54, 1.807) is 0 Å². The molecule has 0 heterocycles. The van der Waals surface area contributed by atoms with Gasteiger partial charge in [0.15, 0.2) is 10.7 Å². The molecular weight excluding hydrogens is 350 g/mol. The van der Waals surface area contributed by atoms with E-state index in [1.807, 2.05) is 45.0 Å². The molecule has 0 radical (unpaired) electrons. The molecule has 2 unspecified atom stereocenters. The second kappa shape index (κ2) is 10.7. The van der Waals surface area contributed by atoms with Crippen molar-refractivity contribution in [2.45, 2.75) is 65.2 Å². The number of hydrogen-bond donors (Lipinski definition) is 0. The quantitative estimate of drug-likeness (QED) is 0.235. The molecule has 0 aliphatic carbocycles. The van der Waals surface area contributed by atoms with E-state index in [0.717, 1.165) is 30.5 Å². The normalized spacial score (nSPS) is 14.5. The van der Waals surface area contributed by atoms with Gasteiger partial charge in [-0.05, 0) is 37.3 Å². The van der Waals surface area contributed by atoms with Crippen molar-refractivity contribution in [3.05, 3.63) is 29.8 Å². The van der Waals surface area contributed by atoms with Crippen LogP contribution >= 0.6 is 11.6 Å². The van der Waals surface area contributed by atoms with Crippen LogP contribution in [0.5, 0.6) is 0 Å². The fourth-order valence-electron chi connectivity index (χ4n) is 2.90. The van der Waals surface area contributed by atoms with Crippen LogP contribution in [0.4, 0.5) is 5.69 Å². The molecule has 0 saturated heterocycles. The third-order valence-corrected chi connectivity index (χ3v) is 5.69. The average molecular weight is 382 g/mol. The van der Waals surface area contributed by atoms with Crippen LogP contribution < -0.4 is 4.90 Å². The van der Waals surface area contributed by atoms with Gasteiger partial charge in [-0.15, -0.1) is 0 Å². The van der Waals surface area contributed by atoms with E-state index in [-0.39, 0.29) is 18.4 Å². The van der Waals surface area contributed by atoms with Crippen LogP contribution in [0.15, 0.2) is 24.3 Å². The Morgan fingerprint density at radius 3 is 2.42 bits per heavy atom. The predicted octanol–water partition coefficient (Wildman–Crippen LogP) is 4.97. The molecule has 0 spiro atoms. The number of anilines is 1. The molecule has 0 aromatic heterocycles. The molecule has 1 rings (SSSR count). The van der Waals surface area contributed by atoms with Crippen molar-refractivity contribution < 1.29 is 14.3 Å². The van der Waals surface area contributed by atoms with Crippen molar-refractivity contribution in [1.29, 1.82) is 0 Å². The number of carbonyl (C=O) groups is 2. The first-order chi connectivity index (χ1) is 12.3. The number of benzene rings is 1. The highest BCUT2D eigenvalue weighted by Gasteiger charge is 2.48. The zero-order valence-corrected chi connectivity index (χ0v) is 17.4. The summed E-state index contributed by atoms with van der Waals surface area (Å²) in [7, 11) is 0. The van der Waals surface area contributed by atoms with Crippen LogP contribution in [0.1, 0.15) is 59.4 Å². The lowest BCUT2D eigenvalue weighted by molar-refractivity contribution is -0.132. The summed E-state index contributed by atoms with van der Waals surface area (Å²) in [6.45, 7) is 9.93. The Bertz CT molecular complexity index is 605. The second-order valence-corrected chi connectivity index (χ2v) is 7.28. The fourth-order valence-corrected chi connectivity index (χ4v) is 3.16. The van der Waals surface area contributed by atoms with Crippen LogP contribution in [0.3, 0.4) is 0 Å². The number of carbonyl (C=O) groups excluding carboxylic acids is 2. The van der Waals surface area contributed by atoms with E-state index in [0.29, 0.717) is 13.0 Å². The lowest BCUT2D eigenvalue weighted by atomic mass is 9.86. The third-order valence-electron chi connectivity index (χ3n) is 4.89. The maximum absolute atomic E-state index is 13.4. The fraction of sp³-hybridized carbons (Fsp3) is 0.619. The van der Waals surface area contributed by atoms with Gasteiger partial charge in [0.1, 0.15) is 6.73 Å². The van der Waals surface area contributed by atoms with Gasteiger partial charge in [0.05, 0.1) is 0 Å². The summed E-state index contributed by atoms with van der Waals surface area (Å²) >= 11 is 6.66. The molecular formula is C21H32ClNO3. The Kier molecular flexibility index (Phi) is 9.31. The van der Waals surface area contributed by atoms with E-state index in [2.05, 4.69) is 6.92 Å². The first kappa shape index (κ1) is 22.7. The van der Waals surface area contributed by atoms with Gasteiger partial charge in [0, 0.05) is 12.3 Å². The van der Waals surface area contributed by atoms with Crippen molar-refractivity contribution >= 4 is 29.0 Å². The number of Topliss-reactive ketones (excluding diaryl/α,β-unsaturated/α-hetero) is 1. The number of rotatable bonds is 11. The van der Waals surface area contributed by atoms with E-state index in [4.69, 9.17) is 16.3 Å². The Morgan fingerprint density at radius 2 is 1.88 bits per heavy atom. The van der Waals surface area contributed by atoms with Crippen LogP contribution in [0.2, 0.25) is 0 Å². The summed E-state index contributed by atoms with van der Waals surface area (Å²) in [5.74, 6) is -1.01. The zero-order valence-electron chi connectivity index (χ0n) is 16.7. The molecule has 1 aromatic carbocycles. The molecule has 0 saturated carbocycles. The van der Waals surface area contributed by atoms with Crippen molar-refractivity contribution in [2.24, 2.45) is 5.92 Å². The Labute approximate surface area is 162 Å². The van der Waals surface area contributed by atoms with Gasteiger partial charge >= 0.3 is 0 Å². The Balaban J connectivity index is 3.29. The highest BCUT2D eigenvalue weighted by molar-refractivity contribution is 6.48. The summed E-state index contributed by atoms with van der Waals surface area (Å²) in [4.78, 5) is 25.7. The van der Waals surface area contributed by atoms with E-state index < -0.39 is 10.8 Å². The van der Waals surface area contributed by atoms with Crippen molar-refractivity contribution in [2.75, 3.05) is 18.2 Å². The molecule has 0 bridgehead atoms. The van der Waals surface area contributed by atoms with Crippen LogP contribution in [0, 0.1) is 5.92 Å². The van der Waals surface area contributed by atoms with Crippen LogP contribution in [-0.2, 0) is 20.7 Å². The van der Waals surface area contributed by atoms with Gasteiger partial charge < -0.3 is 4.74 Å². The lowest BCUT2D eigenvalue weighted by Gasteiger charge is -2.35. The third kappa shape index (κ3) is 5.08. The number of aryl methyl sites for hydroxylation is 1. The Morgan fingerprint density at radius 1 is 1.23 bits per heavy atom. The largest absolute Gasteiger partial charge is 0.361 e. The summed E-state index contributed by atoms with van der Waals surface area (Å²) in [6.07, 6.45) is 3.34. The number of alkyl halides is 1. The highest BCUT2D eigenvalue weighted by Crippen LogP contribution is 2.34. The van der Waals surface area contributed by atoms with Gasteiger partial charge in [-0.2, -0.15) is 0 Å². The summed E-state index contributed by atoms with van der Waals surface area (Å²) in [5, 5.41) is 0. The molecule has 26 heavy (non-hydrogen) atoms. The molecule has 2 atom stereocenters. The van der Waals surface area contributed by atoms with Gasteiger partial charge in [-0.3, -0.25) is 14.5 Å². The monoisotopic (exact) mass is 381 g/mol. The number of amides is 1. The molecule has 0 aliphatic rings. The van der Waals surface area contributed by atoms with Gasteiger partial charge in [0.2, 0.25) is 0 Å². The average Bonchev–Trinajstić information content (AvgIpc) is 2.66. The lowest BCUT2D eigenvalue weighted by Crippen LogP contribution is -2.54. The van der Waals surface area contributed by atoms with Gasteiger partial charge in [-0.1, -0.05) is 70.3 Å². The number of para-hydroxylation sites is 1. The first-order valence-electron chi connectivity index (χ1n) is 9.51. The van der Waals surface area contributed by atoms with Crippen molar-refractivity contribution in [3.63, 3.8) is 0 Å². The number of unbranched alkanes of at least 4 members (excludes halogenated alkanes) is 1. The number of halogens is 1. The zero-order chi connectivity index (χ0) is 19.7. The number of nitrogens with zero attached hydrogens (tertiary/aromatic N) is 1. The van der Waals surface area contributed by atoms with Gasteiger partial charge in [-0.25, -0.2) is 0 Å². The maximum atomic E-state index is 13.4. The topological polar surface area (TPSA) is 46.6 Å². The second-order valence-electron chi connectivity index (χ2n) is 6.68. The molecule has 0 aliphatic heterocycles. The van der Waals surface area contributed by atoms with Crippen molar-refractivity contribution in [3.8, 4) is 0 Å². The van der Waals surface area contributed by atoms with E-state index in [1.165, 1.54) is 11.8 Å². The smallest absolute Gasteiger partial charge is 0.257 e. The minimum absolute atomic E-state index is 0.0913. The molecule has 5 heteroatoms. The van der Waals surface area contributed by atoms with Crippen molar-refractivity contribution in [1.82, 2.24) is 0 Å². The van der Waals surface area contributed by atoms with Gasteiger partial charge in [0.25, 0.3) is 5.91 Å². The van der Waals surface area contributed by atoms with E-state index in [9.17, 15) is 9.59 Å². The first-order valence-corrected chi connectivity index (χ1v) is 9.89. The molecule has 0 fully saturated rings. The molecule has 1 aromatic rings. The maximum Gasteiger partial charge on any atom is 0.257 e. The minimum Gasteiger partial charge on any atom is -0.361 e. The summed E-state index contributed by atoms with van der Waals surface area (Å²) < 4.78 is 5.73. The number of ether oxygens (including phenoxy) is 1. The predicted molar refractivity (Wildman–Crippen MR) is 108 cm³/mol. The minimum atomic E-state index is -1.58. The molecule has 1 amide bonds. The SMILES string of the molecule is CCCCOCN(C(=O)C(Cl)(C(C)=O)C(C)CC)c1ccccc1CC. The Hall–Kier alpha value is -1.39. The highest BCUT2D eigenvalue weighted by atomic mass is 35.5. The number of hydrogen-bond acceptors (Lipinski definition) is 3. The summed E-state index contributed by atoms with van der Waals surface area (Å²) in [6, 6.07) is 7.69. The van der Waals surface area contributed by atoms with E-state index >= 15 is 0 Å². The molecule has 146 valence electrons. The molecule has 4 nitrogen and oxygen atoms in total.